The van der Waals surface area contributed by atoms with Gasteiger partial charge in [0.1, 0.15) is 11.6 Å². The first kappa shape index (κ1) is 11.5. The number of aliphatic hydroxyl groups is 1. The maximum atomic E-state index is 13.1. The fourth-order valence-electron chi connectivity index (χ4n) is 1.52. The van der Waals surface area contributed by atoms with Crippen molar-refractivity contribution in [2.45, 2.75) is 13.0 Å². The highest BCUT2D eigenvalue weighted by molar-refractivity contribution is 6.05. The number of carbonyl (C=O) groups excluding carboxylic acids is 2. The second-order valence-corrected chi connectivity index (χ2v) is 3.55. The van der Waals surface area contributed by atoms with Crippen LogP contribution in [-0.4, -0.2) is 28.6 Å². The number of aliphatic hydroxyl groups excluding tert-OH is 1. The van der Waals surface area contributed by atoms with Crippen LogP contribution in [0.3, 0.4) is 0 Å². The molecule has 1 aromatic heterocycles. The van der Waals surface area contributed by atoms with Crippen molar-refractivity contribution in [2.75, 3.05) is 11.4 Å². The van der Waals surface area contributed by atoms with Gasteiger partial charge in [0.05, 0.1) is 12.8 Å². The molecule has 1 aliphatic rings. The quantitative estimate of drug-likeness (QED) is 0.770. The van der Waals surface area contributed by atoms with Gasteiger partial charge in [-0.3, -0.25) is 15.0 Å². The molecule has 0 unspecified atom stereocenters. The summed E-state index contributed by atoms with van der Waals surface area (Å²) < 4.78 is 13.1. The number of carbonyl (C=O) groups is 2. The first-order chi connectivity index (χ1) is 8.11. The Bertz CT molecular complexity index is 478. The molecule has 6 nitrogen and oxygen atoms in total. The van der Waals surface area contributed by atoms with Crippen molar-refractivity contribution >= 4 is 17.8 Å². The summed E-state index contributed by atoms with van der Waals surface area (Å²) in [5, 5.41) is 11.0. The lowest BCUT2D eigenvalue weighted by atomic mass is 10.2. The number of imide groups is 1. The van der Waals surface area contributed by atoms with Crippen LogP contribution in [0.15, 0.2) is 12.3 Å². The van der Waals surface area contributed by atoms with E-state index in [1.807, 2.05) is 0 Å². The zero-order valence-corrected chi connectivity index (χ0v) is 8.81. The van der Waals surface area contributed by atoms with Crippen LogP contribution < -0.4 is 10.2 Å². The molecule has 2 rings (SSSR count). The van der Waals surface area contributed by atoms with E-state index in [0.29, 0.717) is 0 Å². The number of hydrogen-bond donors (Lipinski definition) is 2. The topological polar surface area (TPSA) is 82.5 Å². The lowest BCUT2D eigenvalue weighted by Crippen LogP contribution is -2.49. The van der Waals surface area contributed by atoms with Crippen LogP contribution in [0.5, 0.6) is 0 Å². The molecule has 90 valence electrons. The second kappa shape index (κ2) is 4.46. The average molecular weight is 239 g/mol. The standard InChI is InChI=1S/C10H10FN3O3/c11-7-4-12-8(3-6(7)5-15)14-2-1-9(16)13-10(14)17/h3-4,15H,1-2,5H2,(H,13,16,17). The minimum atomic E-state index is -0.634. The number of nitrogens with one attached hydrogen (secondary N) is 1. The molecule has 0 aromatic carbocycles. The lowest BCUT2D eigenvalue weighted by Gasteiger charge is -2.25. The van der Waals surface area contributed by atoms with E-state index in [9.17, 15) is 14.0 Å². The van der Waals surface area contributed by atoms with E-state index in [2.05, 4.69) is 10.3 Å². The molecule has 1 fully saturated rings. The molecule has 0 aliphatic carbocycles. The van der Waals surface area contributed by atoms with Gasteiger partial charge in [-0.1, -0.05) is 0 Å². The lowest BCUT2D eigenvalue weighted by molar-refractivity contribution is -0.120. The van der Waals surface area contributed by atoms with Crippen LogP contribution in [0.1, 0.15) is 12.0 Å². The van der Waals surface area contributed by atoms with E-state index in [1.165, 1.54) is 11.0 Å². The van der Waals surface area contributed by atoms with Crippen molar-refractivity contribution in [3.05, 3.63) is 23.6 Å². The SMILES string of the molecule is O=C1CCN(c2cc(CO)c(F)cn2)C(=O)N1. The number of aromatic nitrogens is 1. The zero-order valence-electron chi connectivity index (χ0n) is 8.81. The van der Waals surface area contributed by atoms with Crippen LogP contribution in [0.25, 0.3) is 0 Å². The highest BCUT2D eigenvalue weighted by Crippen LogP contribution is 2.17. The van der Waals surface area contributed by atoms with Gasteiger partial charge < -0.3 is 5.11 Å². The van der Waals surface area contributed by atoms with Gasteiger partial charge in [-0.15, -0.1) is 0 Å². The van der Waals surface area contributed by atoms with Gasteiger partial charge in [-0.25, -0.2) is 14.2 Å². The molecule has 0 atom stereocenters. The fraction of sp³-hybridized carbons (Fsp3) is 0.300. The molecule has 2 N–H and O–H groups in total. The molecule has 1 aliphatic heterocycles. The second-order valence-electron chi connectivity index (χ2n) is 3.55. The highest BCUT2D eigenvalue weighted by Gasteiger charge is 2.25. The van der Waals surface area contributed by atoms with E-state index >= 15 is 0 Å². The number of anilines is 1. The van der Waals surface area contributed by atoms with E-state index in [-0.39, 0.29) is 30.3 Å². The molecule has 0 bridgehead atoms. The fourth-order valence-corrected chi connectivity index (χ4v) is 1.52. The van der Waals surface area contributed by atoms with Crippen LogP contribution in [-0.2, 0) is 11.4 Å². The zero-order chi connectivity index (χ0) is 12.4. The molecule has 0 radical (unpaired) electrons. The predicted molar refractivity (Wildman–Crippen MR) is 55.6 cm³/mol. The van der Waals surface area contributed by atoms with Crippen LogP contribution in [0, 0.1) is 5.82 Å². The van der Waals surface area contributed by atoms with Gasteiger partial charge in [-0.2, -0.15) is 0 Å². The first-order valence-corrected chi connectivity index (χ1v) is 4.98. The van der Waals surface area contributed by atoms with Crippen LogP contribution in [0.2, 0.25) is 0 Å². The Morgan fingerprint density at radius 1 is 1.53 bits per heavy atom. The van der Waals surface area contributed by atoms with Crippen molar-refractivity contribution in [3.63, 3.8) is 0 Å². The largest absolute Gasteiger partial charge is 0.392 e. The summed E-state index contributed by atoms with van der Waals surface area (Å²) in [6.07, 6.45) is 1.10. The summed E-state index contributed by atoms with van der Waals surface area (Å²) >= 11 is 0. The molecule has 2 heterocycles. The summed E-state index contributed by atoms with van der Waals surface area (Å²) in [6.45, 7) is -0.288. The Kier molecular flexibility index (Phi) is 3.01. The van der Waals surface area contributed by atoms with Gasteiger partial charge >= 0.3 is 6.03 Å². The first-order valence-electron chi connectivity index (χ1n) is 4.98. The van der Waals surface area contributed by atoms with Gasteiger partial charge in [-0.05, 0) is 6.07 Å². The number of pyridine rings is 1. The van der Waals surface area contributed by atoms with E-state index in [1.54, 1.807) is 0 Å². The Labute approximate surface area is 96.1 Å². The summed E-state index contributed by atoms with van der Waals surface area (Å²) in [4.78, 5) is 27.4. The molecule has 0 spiro atoms. The number of halogens is 1. The average Bonchev–Trinajstić information content (AvgIpc) is 2.30. The monoisotopic (exact) mass is 239 g/mol. The number of rotatable bonds is 2. The molecular weight excluding hydrogens is 229 g/mol. The van der Waals surface area contributed by atoms with E-state index in [4.69, 9.17) is 5.11 Å². The maximum absolute atomic E-state index is 13.1. The van der Waals surface area contributed by atoms with Gasteiger partial charge in [0.2, 0.25) is 5.91 Å². The molecule has 7 heteroatoms. The van der Waals surface area contributed by atoms with Crippen LogP contribution in [0.4, 0.5) is 15.0 Å². The molecule has 1 aromatic rings. The summed E-state index contributed by atoms with van der Waals surface area (Å²) in [5.41, 5.74) is 0.0553. The Balaban J connectivity index is 2.28. The Morgan fingerprint density at radius 2 is 2.29 bits per heavy atom. The third-order valence-electron chi connectivity index (χ3n) is 2.42. The molecule has 0 saturated carbocycles. The van der Waals surface area contributed by atoms with Crippen molar-refractivity contribution < 1.29 is 19.1 Å². The number of nitrogens with zero attached hydrogens (tertiary/aromatic N) is 2. The molecule has 1 saturated heterocycles. The Morgan fingerprint density at radius 3 is 2.94 bits per heavy atom. The van der Waals surface area contributed by atoms with Gasteiger partial charge in [0.25, 0.3) is 0 Å². The highest BCUT2D eigenvalue weighted by atomic mass is 19.1. The van der Waals surface area contributed by atoms with Crippen molar-refractivity contribution in [2.24, 2.45) is 0 Å². The van der Waals surface area contributed by atoms with Crippen molar-refractivity contribution in [1.29, 1.82) is 0 Å². The molecule has 17 heavy (non-hydrogen) atoms. The number of urea groups is 1. The normalized spacial score (nSPS) is 16.0. The third kappa shape index (κ3) is 2.23. The number of hydrogen-bond acceptors (Lipinski definition) is 4. The smallest absolute Gasteiger partial charge is 0.329 e. The van der Waals surface area contributed by atoms with Crippen molar-refractivity contribution in [3.8, 4) is 0 Å². The predicted octanol–water partition coefficient (Wildman–Crippen LogP) is 0.159. The minimum Gasteiger partial charge on any atom is -0.392 e. The van der Waals surface area contributed by atoms with E-state index in [0.717, 1.165) is 6.20 Å². The van der Waals surface area contributed by atoms with E-state index < -0.39 is 18.5 Å². The summed E-state index contributed by atoms with van der Waals surface area (Å²) in [6, 6.07) is 0.689. The molecular formula is C10H10FN3O3. The summed E-state index contributed by atoms with van der Waals surface area (Å²) in [7, 11) is 0. The molecule has 3 amide bonds. The third-order valence-corrected chi connectivity index (χ3v) is 2.42. The van der Waals surface area contributed by atoms with Crippen molar-refractivity contribution in [1.82, 2.24) is 10.3 Å². The summed E-state index contributed by atoms with van der Waals surface area (Å²) in [5.74, 6) is -0.777. The van der Waals surface area contributed by atoms with Crippen LogP contribution >= 0.6 is 0 Å². The minimum absolute atomic E-state index is 0.0553. The van der Waals surface area contributed by atoms with Gasteiger partial charge in [0.15, 0.2) is 0 Å². The van der Waals surface area contributed by atoms with Gasteiger partial charge in [0, 0.05) is 18.5 Å². The Hall–Kier alpha value is -2.02. The maximum Gasteiger partial charge on any atom is 0.329 e. The number of amides is 3.